The average Bonchev–Trinajstić information content (AvgIpc) is 3.48. The summed E-state index contributed by atoms with van der Waals surface area (Å²) in [5.41, 5.74) is 3.64. The Morgan fingerprint density at radius 1 is 1.00 bits per heavy atom. The van der Waals surface area contributed by atoms with Gasteiger partial charge in [-0.05, 0) is 47.4 Å². The number of amides is 4. The maximum Gasteiger partial charge on any atom is 0.332 e. The van der Waals surface area contributed by atoms with Crippen molar-refractivity contribution in [3.05, 3.63) is 95.2 Å². The van der Waals surface area contributed by atoms with Crippen LogP contribution in [0.5, 0.6) is 5.75 Å². The maximum atomic E-state index is 14.3. The van der Waals surface area contributed by atoms with Gasteiger partial charge in [0.25, 0.3) is 11.8 Å². The van der Waals surface area contributed by atoms with Crippen molar-refractivity contribution in [2.45, 2.75) is 38.4 Å². The lowest BCUT2D eigenvalue weighted by Gasteiger charge is -2.36. The quantitative estimate of drug-likeness (QED) is 0.282. The van der Waals surface area contributed by atoms with Crippen LogP contribution in [0, 0.1) is 5.92 Å². The predicted molar refractivity (Wildman–Crippen MR) is 156 cm³/mol. The van der Waals surface area contributed by atoms with E-state index in [2.05, 4.69) is 10.3 Å². The van der Waals surface area contributed by atoms with Crippen molar-refractivity contribution in [1.29, 1.82) is 0 Å². The van der Waals surface area contributed by atoms with Gasteiger partial charge in [0.1, 0.15) is 23.9 Å². The fourth-order valence-electron chi connectivity index (χ4n) is 6.02. The minimum atomic E-state index is -1.17. The van der Waals surface area contributed by atoms with Gasteiger partial charge >= 0.3 is 12.0 Å². The second-order valence-electron chi connectivity index (χ2n) is 10.9. The smallest absolute Gasteiger partial charge is 0.332 e. The Morgan fingerprint density at radius 2 is 1.69 bits per heavy atom. The van der Waals surface area contributed by atoms with Crippen LogP contribution in [0.1, 0.15) is 47.1 Å². The number of ether oxygens (including phenoxy) is 1. The number of imide groups is 1. The number of carbonyl (C=O) groups is 4. The number of carboxylic acids is 1. The molecule has 1 fully saturated rings. The second-order valence-corrected chi connectivity index (χ2v) is 10.9. The van der Waals surface area contributed by atoms with E-state index < -0.39 is 41.9 Å². The number of aromatic nitrogens is 1. The largest absolute Gasteiger partial charge is 0.497 e. The summed E-state index contributed by atoms with van der Waals surface area (Å²) < 4.78 is 5.34. The van der Waals surface area contributed by atoms with Gasteiger partial charge in [-0.3, -0.25) is 14.5 Å². The number of carbonyl (C=O) groups excluding carboxylic acids is 3. The number of methoxy groups -OCH3 is 1. The van der Waals surface area contributed by atoms with E-state index >= 15 is 0 Å². The summed E-state index contributed by atoms with van der Waals surface area (Å²) in [5.74, 6) is -2.02. The Kier molecular flexibility index (Phi) is 6.68. The van der Waals surface area contributed by atoms with Crippen LogP contribution < -0.4 is 15.0 Å². The summed E-state index contributed by atoms with van der Waals surface area (Å²) in [6.45, 7) is 3.38. The van der Waals surface area contributed by atoms with Crippen molar-refractivity contribution < 1.29 is 29.0 Å². The highest BCUT2D eigenvalue weighted by Crippen LogP contribution is 2.45. The Labute approximate surface area is 241 Å². The first-order valence-electron chi connectivity index (χ1n) is 13.7. The van der Waals surface area contributed by atoms with Gasteiger partial charge < -0.3 is 20.1 Å². The molecule has 1 aromatic heterocycles. The summed E-state index contributed by atoms with van der Waals surface area (Å²) in [5, 5.41) is 13.1. The molecule has 2 aliphatic rings. The zero-order valence-electron chi connectivity index (χ0n) is 23.3. The molecule has 42 heavy (non-hydrogen) atoms. The number of rotatable bonds is 7. The third-order valence-corrected chi connectivity index (χ3v) is 8.09. The zero-order chi connectivity index (χ0) is 29.7. The van der Waals surface area contributed by atoms with Gasteiger partial charge in [0.05, 0.1) is 18.4 Å². The molecule has 4 aromatic rings. The Morgan fingerprint density at radius 3 is 2.38 bits per heavy atom. The molecular formula is C32H30N4O6. The van der Waals surface area contributed by atoms with E-state index in [4.69, 9.17) is 4.74 Å². The first-order valence-corrected chi connectivity index (χ1v) is 13.7. The minimum absolute atomic E-state index is 0.0379. The summed E-state index contributed by atoms with van der Waals surface area (Å²) in [6.07, 6.45) is 0.301. The number of urea groups is 1. The van der Waals surface area contributed by atoms with E-state index in [1.807, 2.05) is 48.5 Å². The van der Waals surface area contributed by atoms with Gasteiger partial charge in [-0.2, -0.15) is 0 Å². The standard InChI is InChI=1S/C32H30N4O6/c1-17(2)26(31(39)40)34-29(37)21-9-5-7-11-24(21)36-30(38)25-16-22-20-8-4-6-10-23(20)33-27(22)28(35(25)32(36)41)18-12-14-19(42-3)15-13-18/h4-15,17,25-26,28,33H,16H2,1-3H3,(H,34,37)(H,39,40). The molecule has 0 bridgehead atoms. The molecule has 3 N–H and O–H groups in total. The molecule has 4 amide bonds. The summed E-state index contributed by atoms with van der Waals surface area (Å²) in [4.78, 5) is 59.6. The number of fused-ring (bicyclic) bond motifs is 4. The molecule has 10 heteroatoms. The van der Waals surface area contributed by atoms with Gasteiger partial charge in [0.2, 0.25) is 0 Å². The lowest BCUT2D eigenvalue weighted by molar-refractivity contribution is -0.140. The van der Waals surface area contributed by atoms with E-state index in [9.17, 15) is 24.3 Å². The van der Waals surface area contributed by atoms with Gasteiger partial charge in [-0.25, -0.2) is 14.5 Å². The lowest BCUT2D eigenvalue weighted by Crippen LogP contribution is -2.45. The molecule has 3 atom stereocenters. The van der Waals surface area contributed by atoms with Crippen LogP contribution in [0.4, 0.5) is 10.5 Å². The van der Waals surface area contributed by atoms with Crippen LogP contribution in [-0.4, -0.2) is 58.0 Å². The number of anilines is 1. The Balaban J connectivity index is 1.44. The number of carboxylic acid groups (broad SMARTS) is 1. The van der Waals surface area contributed by atoms with Crippen molar-refractivity contribution in [2.75, 3.05) is 12.0 Å². The third-order valence-electron chi connectivity index (χ3n) is 8.09. The molecule has 1 saturated heterocycles. The number of aliphatic carboxylic acids is 1. The average molecular weight is 567 g/mol. The molecule has 10 nitrogen and oxygen atoms in total. The number of nitrogens with zero attached hydrogens (tertiary/aromatic N) is 2. The monoisotopic (exact) mass is 566 g/mol. The number of hydrogen-bond donors (Lipinski definition) is 3. The molecule has 0 radical (unpaired) electrons. The maximum absolute atomic E-state index is 14.3. The van der Waals surface area contributed by atoms with Gasteiger partial charge in [0.15, 0.2) is 0 Å². The molecule has 2 aliphatic heterocycles. The number of aromatic amines is 1. The van der Waals surface area contributed by atoms with E-state index in [0.717, 1.165) is 32.6 Å². The molecule has 0 spiro atoms. The highest BCUT2D eigenvalue weighted by molar-refractivity contribution is 6.24. The SMILES string of the molecule is COc1ccc(C2c3[nH]c4ccccc4c3CC3C(=O)N(c4ccccc4C(=O)NC(C(=O)O)C(C)C)C(=O)N32)cc1. The Hall–Kier alpha value is -5.12. The fraction of sp³-hybridized carbons (Fsp3) is 0.250. The zero-order valence-corrected chi connectivity index (χ0v) is 23.3. The fourth-order valence-corrected chi connectivity index (χ4v) is 6.02. The van der Waals surface area contributed by atoms with Crippen LogP contribution in [0.3, 0.4) is 0 Å². The molecule has 3 heterocycles. The highest BCUT2D eigenvalue weighted by Gasteiger charge is 2.53. The van der Waals surface area contributed by atoms with E-state index in [0.29, 0.717) is 12.2 Å². The van der Waals surface area contributed by atoms with Crippen LogP contribution in [-0.2, 0) is 16.0 Å². The number of benzene rings is 3. The van der Waals surface area contributed by atoms with Gasteiger partial charge in [-0.1, -0.05) is 56.3 Å². The van der Waals surface area contributed by atoms with Gasteiger partial charge in [0, 0.05) is 23.0 Å². The summed E-state index contributed by atoms with van der Waals surface area (Å²) >= 11 is 0. The number of nitrogens with one attached hydrogen (secondary N) is 2. The van der Waals surface area contributed by atoms with E-state index in [1.165, 1.54) is 12.1 Å². The summed E-state index contributed by atoms with van der Waals surface area (Å²) in [7, 11) is 1.58. The van der Waals surface area contributed by atoms with Crippen LogP contribution in [0.25, 0.3) is 10.9 Å². The molecule has 3 unspecified atom stereocenters. The van der Waals surface area contributed by atoms with E-state index in [-0.39, 0.29) is 17.2 Å². The molecule has 6 rings (SSSR count). The number of H-pyrrole nitrogens is 1. The minimum Gasteiger partial charge on any atom is -0.497 e. The van der Waals surface area contributed by atoms with Crippen LogP contribution in [0.15, 0.2) is 72.8 Å². The lowest BCUT2D eigenvalue weighted by atomic mass is 9.89. The number of hydrogen-bond acceptors (Lipinski definition) is 5. The van der Waals surface area contributed by atoms with Crippen LogP contribution in [0.2, 0.25) is 0 Å². The highest BCUT2D eigenvalue weighted by atomic mass is 16.5. The molecule has 3 aromatic carbocycles. The second kappa shape index (κ2) is 10.4. The van der Waals surface area contributed by atoms with Crippen molar-refractivity contribution in [2.24, 2.45) is 5.92 Å². The molecule has 0 aliphatic carbocycles. The predicted octanol–water partition coefficient (Wildman–Crippen LogP) is 4.50. The number of para-hydroxylation sites is 2. The van der Waals surface area contributed by atoms with Crippen LogP contribution >= 0.6 is 0 Å². The van der Waals surface area contributed by atoms with Crippen molar-refractivity contribution in [1.82, 2.24) is 15.2 Å². The summed E-state index contributed by atoms with van der Waals surface area (Å²) in [6, 6.07) is 18.4. The van der Waals surface area contributed by atoms with Crippen molar-refractivity contribution >= 4 is 40.4 Å². The first kappa shape index (κ1) is 27.1. The molecule has 0 saturated carbocycles. The van der Waals surface area contributed by atoms with Crippen molar-refractivity contribution in [3.8, 4) is 5.75 Å². The van der Waals surface area contributed by atoms with Crippen molar-refractivity contribution in [3.63, 3.8) is 0 Å². The Bertz CT molecular complexity index is 1730. The van der Waals surface area contributed by atoms with Gasteiger partial charge in [-0.15, -0.1) is 0 Å². The normalized spacial score (nSPS) is 18.7. The third kappa shape index (κ3) is 4.27. The topological polar surface area (TPSA) is 132 Å². The van der Waals surface area contributed by atoms with E-state index in [1.54, 1.807) is 38.0 Å². The first-order chi connectivity index (χ1) is 20.2. The molecular weight excluding hydrogens is 536 g/mol. The molecule has 214 valence electrons.